The molecular formula is C24H38O7. The minimum atomic E-state index is 0.228. The van der Waals surface area contributed by atoms with Crippen LogP contribution in [0.2, 0.25) is 0 Å². The molecule has 6 atom stereocenters. The zero-order valence-electron chi connectivity index (χ0n) is 18.6. The van der Waals surface area contributed by atoms with Gasteiger partial charge in [-0.25, -0.2) is 0 Å². The fourth-order valence-electron chi connectivity index (χ4n) is 5.80. The normalized spacial score (nSPS) is 40.6. The lowest BCUT2D eigenvalue weighted by molar-refractivity contribution is 0.0377. The molecule has 7 heteroatoms. The molecule has 31 heavy (non-hydrogen) atoms. The Morgan fingerprint density at radius 2 is 0.677 bits per heavy atom. The van der Waals surface area contributed by atoms with Crippen LogP contribution in [0.1, 0.15) is 51.4 Å². The van der Waals surface area contributed by atoms with Crippen molar-refractivity contribution in [1.82, 2.24) is 0 Å². The maximum atomic E-state index is 6.31. The summed E-state index contributed by atoms with van der Waals surface area (Å²) in [4.78, 5) is 0. The van der Waals surface area contributed by atoms with Crippen LogP contribution >= 0.6 is 0 Å². The molecule has 0 N–H and O–H groups in total. The minimum Gasteiger partial charge on any atom is -0.381 e. The lowest BCUT2D eigenvalue weighted by atomic mass is 9.72. The van der Waals surface area contributed by atoms with E-state index in [2.05, 4.69) is 0 Å². The number of hydrogen-bond donors (Lipinski definition) is 0. The van der Waals surface area contributed by atoms with Gasteiger partial charge in [0, 0.05) is 13.2 Å². The Balaban J connectivity index is 1.02. The first-order chi connectivity index (χ1) is 15.2. The third-order valence-corrected chi connectivity index (χ3v) is 7.93. The van der Waals surface area contributed by atoms with Crippen molar-refractivity contribution >= 4 is 0 Å². The first-order valence-electron chi connectivity index (χ1n) is 12.5. The Hall–Kier alpha value is -0.280. The Morgan fingerprint density at radius 1 is 0.452 bits per heavy atom. The highest BCUT2D eigenvalue weighted by Gasteiger charge is 2.47. The van der Waals surface area contributed by atoms with Crippen molar-refractivity contribution in [2.75, 3.05) is 52.9 Å². The van der Waals surface area contributed by atoms with E-state index in [0.29, 0.717) is 36.6 Å². The van der Waals surface area contributed by atoms with E-state index in [4.69, 9.17) is 33.2 Å². The monoisotopic (exact) mass is 438 g/mol. The smallest absolute Gasteiger partial charge is 0.0815 e. The van der Waals surface area contributed by atoms with Gasteiger partial charge in [0.05, 0.1) is 76.3 Å². The summed E-state index contributed by atoms with van der Waals surface area (Å²) in [6.07, 6.45) is 11.5. The van der Waals surface area contributed by atoms with Crippen LogP contribution in [0, 0.1) is 10.8 Å². The molecule has 6 saturated heterocycles. The Bertz CT molecular complexity index is 479. The van der Waals surface area contributed by atoms with E-state index < -0.39 is 0 Å². The van der Waals surface area contributed by atoms with Crippen molar-refractivity contribution in [3.63, 3.8) is 0 Å². The second-order valence-corrected chi connectivity index (χ2v) is 11.1. The summed E-state index contributed by atoms with van der Waals surface area (Å²) in [6, 6.07) is 0. The average molecular weight is 439 g/mol. The van der Waals surface area contributed by atoms with Gasteiger partial charge in [0.25, 0.3) is 0 Å². The van der Waals surface area contributed by atoms with Gasteiger partial charge in [-0.2, -0.15) is 0 Å². The van der Waals surface area contributed by atoms with Gasteiger partial charge < -0.3 is 33.2 Å². The average Bonchev–Trinajstić information content (AvgIpc) is 3.52. The molecule has 0 aromatic heterocycles. The molecular weight excluding hydrogens is 400 g/mol. The van der Waals surface area contributed by atoms with Crippen LogP contribution in [0.15, 0.2) is 0 Å². The van der Waals surface area contributed by atoms with Crippen molar-refractivity contribution in [2.24, 2.45) is 10.8 Å². The molecule has 0 aromatic carbocycles. The third-order valence-electron chi connectivity index (χ3n) is 7.93. The maximum Gasteiger partial charge on any atom is 0.0815 e. The standard InChI is InChI=1S/C24H38O7/c1(23(5-17-11-26-17,6-18-12-27-18)7-19-13-28-19)3-25-4-2-24(8-20-14-29-20,9-21-15-30-21)10-22-16-31-22/h17-22H,1-16H2. The number of hydrogen-bond acceptors (Lipinski definition) is 7. The summed E-state index contributed by atoms with van der Waals surface area (Å²) in [5, 5.41) is 0. The molecule has 176 valence electrons. The second-order valence-electron chi connectivity index (χ2n) is 11.1. The van der Waals surface area contributed by atoms with E-state index in [1.54, 1.807) is 0 Å². The zero-order chi connectivity index (χ0) is 20.7. The summed E-state index contributed by atoms with van der Waals surface area (Å²) < 4.78 is 40.0. The highest BCUT2D eigenvalue weighted by atomic mass is 16.6. The molecule has 7 nitrogen and oxygen atoms in total. The summed E-state index contributed by atoms with van der Waals surface area (Å²) in [6.45, 7) is 7.10. The van der Waals surface area contributed by atoms with Gasteiger partial charge >= 0.3 is 0 Å². The first kappa shape index (κ1) is 21.3. The topological polar surface area (TPSA) is 84.4 Å². The Morgan fingerprint density at radius 3 is 0.871 bits per heavy atom. The van der Waals surface area contributed by atoms with E-state index >= 15 is 0 Å². The van der Waals surface area contributed by atoms with E-state index in [0.717, 1.165) is 104 Å². The van der Waals surface area contributed by atoms with Gasteiger partial charge in [0.2, 0.25) is 0 Å². The summed E-state index contributed by atoms with van der Waals surface area (Å²) in [7, 11) is 0. The van der Waals surface area contributed by atoms with Crippen molar-refractivity contribution in [1.29, 1.82) is 0 Å². The maximum absolute atomic E-state index is 6.31. The van der Waals surface area contributed by atoms with Crippen molar-refractivity contribution < 1.29 is 33.2 Å². The quantitative estimate of drug-likeness (QED) is 0.240. The Labute approximate surface area is 185 Å². The van der Waals surface area contributed by atoms with Crippen LogP contribution < -0.4 is 0 Å². The van der Waals surface area contributed by atoms with Gasteiger partial charge in [-0.3, -0.25) is 0 Å². The molecule has 0 aliphatic carbocycles. The number of rotatable bonds is 18. The first-order valence-corrected chi connectivity index (χ1v) is 12.5. The van der Waals surface area contributed by atoms with Crippen LogP contribution in [-0.4, -0.2) is 89.5 Å². The minimum absolute atomic E-state index is 0.228. The summed E-state index contributed by atoms with van der Waals surface area (Å²) in [5.41, 5.74) is 0.457. The van der Waals surface area contributed by atoms with E-state index in [1.807, 2.05) is 0 Å². The second kappa shape index (κ2) is 8.82. The molecule has 0 spiro atoms. The van der Waals surface area contributed by atoms with Crippen molar-refractivity contribution in [3.8, 4) is 0 Å². The Kier molecular flexibility index (Phi) is 6.05. The predicted octanol–water partition coefficient (Wildman–Crippen LogP) is 2.49. The summed E-state index contributed by atoms with van der Waals surface area (Å²) >= 11 is 0. The molecule has 0 bridgehead atoms. The molecule has 0 saturated carbocycles. The molecule has 6 aliphatic heterocycles. The number of epoxide rings is 6. The molecule has 0 radical (unpaired) electrons. The third kappa shape index (κ3) is 6.85. The van der Waals surface area contributed by atoms with Gasteiger partial charge in [-0.1, -0.05) is 0 Å². The van der Waals surface area contributed by atoms with Crippen molar-refractivity contribution in [3.05, 3.63) is 0 Å². The zero-order valence-corrected chi connectivity index (χ0v) is 18.6. The van der Waals surface area contributed by atoms with Gasteiger partial charge in [0.1, 0.15) is 0 Å². The molecule has 6 fully saturated rings. The van der Waals surface area contributed by atoms with Crippen LogP contribution in [0.4, 0.5) is 0 Å². The SMILES string of the molecule is C(CC(CC1CO1)(CC1CO1)CC1CO1)OCCC(CC1CO1)(CC1CO1)CC1CO1. The van der Waals surface area contributed by atoms with Gasteiger partial charge in [-0.05, 0) is 62.2 Å². The highest BCUT2D eigenvalue weighted by Crippen LogP contribution is 2.47. The van der Waals surface area contributed by atoms with Crippen LogP contribution in [0.3, 0.4) is 0 Å². The van der Waals surface area contributed by atoms with Crippen LogP contribution in [0.5, 0.6) is 0 Å². The van der Waals surface area contributed by atoms with Gasteiger partial charge in [0.15, 0.2) is 0 Å². The van der Waals surface area contributed by atoms with Gasteiger partial charge in [-0.15, -0.1) is 0 Å². The fraction of sp³-hybridized carbons (Fsp3) is 1.00. The van der Waals surface area contributed by atoms with Crippen LogP contribution in [0.25, 0.3) is 0 Å². The molecule has 6 unspecified atom stereocenters. The van der Waals surface area contributed by atoms with E-state index in [-0.39, 0.29) is 10.8 Å². The van der Waals surface area contributed by atoms with E-state index in [1.165, 1.54) is 0 Å². The molecule has 6 heterocycles. The molecule has 6 aliphatic rings. The number of ether oxygens (including phenoxy) is 7. The highest BCUT2D eigenvalue weighted by molar-refractivity contribution is 4.96. The molecule has 0 aromatic rings. The van der Waals surface area contributed by atoms with Crippen molar-refractivity contribution in [2.45, 2.75) is 88.0 Å². The molecule has 0 amide bonds. The lowest BCUT2D eigenvalue weighted by Gasteiger charge is -2.34. The van der Waals surface area contributed by atoms with Crippen LogP contribution in [-0.2, 0) is 33.2 Å². The fourth-order valence-corrected chi connectivity index (χ4v) is 5.80. The van der Waals surface area contributed by atoms with E-state index in [9.17, 15) is 0 Å². The lowest BCUT2D eigenvalue weighted by Crippen LogP contribution is -2.31. The summed E-state index contributed by atoms with van der Waals surface area (Å²) in [5.74, 6) is 0. The largest absolute Gasteiger partial charge is 0.381 e. The molecule has 6 rings (SSSR count). The predicted molar refractivity (Wildman–Crippen MR) is 111 cm³/mol.